The van der Waals surface area contributed by atoms with Crippen LogP contribution in [0.1, 0.15) is 21.0 Å². The number of halogens is 2. The van der Waals surface area contributed by atoms with Crippen LogP contribution < -0.4 is 15.8 Å². The number of aromatic nitrogens is 2. The zero-order valence-corrected chi connectivity index (χ0v) is 15.3. The van der Waals surface area contributed by atoms with Crippen molar-refractivity contribution in [3.05, 3.63) is 62.7 Å². The average molecular weight is 434 g/mol. The Labute approximate surface area is 164 Å². The zero-order valence-electron chi connectivity index (χ0n) is 16.4. The van der Waals surface area contributed by atoms with Crippen molar-refractivity contribution in [2.45, 2.75) is 31.2 Å². The van der Waals surface area contributed by atoms with E-state index in [-0.39, 0.29) is 12.4 Å². The fourth-order valence-corrected chi connectivity index (χ4v) is 3.93. The second kappa shape index (κ2) is 7.15. The number of H-pyrrole nitrogens is 1. The van der Waals surface area contributed by atoms with Crippen LogP contribution in [0.2, 0.25) is 0 Å². The second-order valence-corrected chi connectivity index (χ2v) is 7.78. The molecule has 0 aliphatic carbocycles. The minimum Gasteiger partial charge on any atom is -0.404 e. The van der Waals surface area contributed by atoms with E-state index in [0.29, 0.717) is 16.3 Å². The normalized spacial score (nSPS) is 32.8. The van der Waals surface area contributed by atoms with Gasteiger partial charge in [0.1, 0.15) is 18.4 Å². The third-order valence-electron chi connectivity index (χ3n) is 4.18. The van der Waals surface area contributed by atoms with Gasteiger partial charge >= 0.3 is 13.5 Å². The molecule has 1 aromatic carbocycles. The van der Waals surface area contributed by atoms with Crippen molar-refractivity contribution in [1.82, 2.24) is 9.55 Å². The summed E-state index contributed by atoms with van der Waals surface area (Å²) in [5.41, 5.74) is -2.08. The molecule has 2 aliphatic heterocycles. The van der Waals surface area contributed by atoms with E-state index in [1.165, 1.54) is 6.07 Å². The van der Waals surface area contributed by atoms with Gasteiger partial charge in [-0.25, -0.2) is 13.8 Å². The summed E-state index contributed by atoms with van der Waals surface area (Å²) < 4.78 is 77.5. The van der Waals surface area contributed by atoms with Crippen molar-refractivity contribution in [1.29, 1.82) is 0 Å². The fraction of sp³-hybridized carbons (Fsp3) is 0.375. The number of phosphoric acid groups is 1. The molecule has 156 valence electrons. The van der Waals surface area contributed by atoms with E-state index in [9.17, 15) is 23.7 Å². The van der Waals surface area contributed by atoms with Gasteiger partial charge in [-0.2, -0.15) is 4.39 Å². The summed E-state index contributed by atoms with van der Waals surface area (Å²) in [6.07, 6.45) is -4.49. The standard InChI is InChI=1S/C16H15F2N2O8P/c17-10-6-20(15(23)19-13(10)22)14-11(21)5-16(18,27-14)8-26-29(24)25-7-9-3-1-2-4-12(9)28-29/h1-4,6,11,14,21H,5,7-8H2,(H,19,22,23)/t11-,14-,16+,29?/m1/s1/i8D2. The predicted molar refractivity (Wildman–Crippen MR) is 91.3 cm³/mol. The molecular weight excluding hydrogens is 417 g/mol. The monoisotopic (exact) mass is 434 g/mol. The molecule has 29 heavy (non-hydrogen) atoms. The van der Waals surface area contributed by atoms with Gasteiger partial charge < -0.3 is 14.4 Å². The Morgan fingerprint density at radius 3 is 3.00 bits per heavy atom. The summed E-state index contributed by atoms with van der Waals surface area (Å²) in [6, 6.07) is 6.25. The molecule has 0 amide bonds. The number of nitrogens with one attached hydrogen (secondary N) is 1. The molecule has 4 rings (SSSR count). The van der Waals surface area contributed by atoms with Crippen LogP contribution in [0.3, 0.4) is 0 Å². The van der Waals surface area contributed by atoms with E-state index in [2.05, 4.69) is 0 Å². The van der Waals surface area contributed by atoms with Crippen LogP contribution >= 0.6 is 7.82 Å². The maximum Gasteiger partial charge on any atom is 0.530 e. The molecule has 1 saturated heterocycles. The third kappa shape index (κ3) is 3.89. The number of aromatic amines is 1. The minimum atomic E-state index is -4.65. The van der Waals surface area contributed by atoms with Crippen LogP contribution in [0.15, 0.2) is 40.1 Å². The molecule has 3 heterocycles. The summed E-state index contributed by atoms with van der Waals surface area (Å²) in [4.78, 5) is 24.7. The summed E-state index contributed by atoms with van der Waals surface area (Å²) in [5, 5.41) is 10.1. The van der Waals surface area contributed by atoms with Gasteiger partial charge in [-0.05, 0) is 6.07 Å². The minimum absolute atomic E-state index is 0.0845. The molecule has 0 radical (unpaired) electrons. The maximum atomic E-state index is 15.4. The van der Waals surface area contributed by atoms with E-state index >= 15 is 4.39 Å². The van der Waals surface area contributed by atoms with Crippen LogP contribution in [0.4, 0.5) is 8.78 Å². The Bertz CT molecular complexity index is 1190. The Kier molecular flexibility index (Phi) is 4.31. The second-order valence-electron chi connectivity index (χ2n) is 6.26. The number of aliphatic hydroxyl groups is 1. The Hall–Kier alpha value is -2.37. The van der Waals surface area contributed by atoms with Crippen LogP contribution in [0.25, 0.3) is 0 Å². The van der Waals surface area contributed by atoms with Gasteiger partial charge in [0, 0.05) is 12.0 Å². The lowest BCUT2D eigenvalue weighted by Crippen LogP contribution is -2.37. The highest BCUT2D eigenvalue weighted by Crippen LogP contribution is 2.55. The molecule has 2 N–H and O–H groups in total. The van der Waals surface area contributed by atoms with Gasteiger partial charge in [0.25, 0.3) is 5.56 Å². The first-order chi connectivity index (χ1) is 14.4. The van der Waals surface area contributed by atoms with Crippen molar-refractivity contribution >= 4 is 7.82 Å². The lowest BCUT2D eigenvalue weighted by molar-refractivity contribution is -0.179. The van der Waals surface area contributed by atoms with Crippen molar-refractivity contribution in [3.8, 4) is 5.75 Å². The third-order valence-corrected chi connectivity index (χ3v) is 5.36. The SMILES string of the molecule is [2H]C([2H])(OP1(=O)OCc2ccccc2O1)[C@]1(F)C[C@@H](O)[C@H](n2cc(F)c(=O)[nH]c2=O)O1. The van der Waals surface area contributed by atoms with Crippen molar-refractivity contribution < 1.29 is 39.5 Å². The molecule has 4 atom stereocenters. The molecule has 2 aromatic rings. The Balaban J connectivity index is 1.59. The molecule has 1 fully saturated rings. The number of rotatable bonds is 4. The molecule has 13 heteroatoms. The number of benzene rings is 1. The predicted octanol–water partition coefficient (Wildman–Crippen LogP) is 1.36. The van der Waals surface area contributed by atoms with Gasteiger partial charge in [0.05, 0.1) is 15.5 Å². The van der Waals surface area contributed by atoms with Gasteiger partial charge in [-0.3, -0.25) is 23.4 Å². The number of aliphatic hydroxyl groups excluding tert-OH is 1. The topological polar surface area (TPSA) is 129 Å². The molecule has 1 unspecified atom stereocenters. The number of nitrogens with zero attached hydrogens (tertiary/aromatic N) is 1. The van der Waals surface area contributed by atoms with E-state index < -0.39 is 56.1 Å². The smallest absolute Gasteiger partial charge is 0.404 e. The summed E-state index contributed by atoms with van der Waals surface area (Å²) in [5.74, 6) is -4.79. The van der Waals surface area contributed by atoms with Gasteiger partial charge in [0.2, 0.25) is 11.7 Å². The highest BCUT2D eigenvalue weighted by atomic mass is 31.2. The quantitative estimate of drug-likeness (QED) is 0.691. The molecule has 0 spiro atoms. The first kappa shape index (κ1) is 17.5. The number of alkyl halides is 1. The molecule has 0 saturated carbocycles. The highest BCUT2D eigenvalue weighted by molar-refractivity contribution is 7.49. The van der Waals surface area contributed by atoms with E-state index in [0.717, 1.165) is 0 Å². The Morgan fingerprint density at radius 1 is 1.45 bits per heavy atom. The largest absolute Gasteiger partial charge is 0.530 e. The van der Waals surface area contributed by atoms with Crippen LogP contribution in [0.5, 0.6) is 5.75 Å². The zero-order chi connectivity index (χ0) is 22.6. The number of phosphoric ester groups is 1. The summed E-state index contributed by atoms with van der Waals surface area (Å²) in [7, 11) is -4.65. The molecule has 10 nitrogen and oxygen atoms in total. The van der Waals surface area contributed by atoms with Gasteiger partial charge in [-0.15, -0.1) is 0 Å². The fourth-order valence-electron chi connectivity index (χ4n) is 2.82. The maximum absolute atomic E-state index is 15.4. The lowest BCUT2D eigenvalue weighted by atomic mass is 10.2. The number of hydrogen-bond acceptors (Lipinski definition) is 8. The first-order valence-electron chi connectivity index (χ1n) is 9.22. The van der Waals surface area contributed by atoms with Crippen LogP contribution in [0, 0.1) is 5.82 Å². The first-order valence-corrected chi connectivity index (χ1v) is 9.68. The van der Waals surface area contributed by atoms with Crippen molar-refractivity contribution in [2.75, 3.05) is 6.56 Å². The number of ether oxygens (including phenoxy) is 1. The highest BCUT2D eigenvalue weighted by Gasteiger charge is 2.50. The summed E-state index contributed by atoms with van der Waals surface area (Å²) >= 11 is 0. The van der Waals surface area contributed by atoms with Crippen LogP contribution in [-0.4, -0.2) is 33.2 Å². The number of fused-ring (bicyclic) bond motifs is 1. The molecular formula is C16H15F2N2O8P. The molecule has 2 aliphatic rings. The Morgan fingerprint density at radius 2 is 2.21 bits per heavy atom. The van der Waals surface area contributed by atoms with E-state index in [1.54, 1.807) is 23.2 Å². The number of para-hydroxylation sites is 1. The van der Waals surface area contributed by atoms with Gasteiger partial charge in [0.15, 0.2) is 6.23 Å². The number of hydrogen-bond donors (Lipinski definition) is 2. The van der Waals surface area contributed by atoms with Gasteiger partial charge in [-0.1, -0.05) is 18.2 Å². The van der Waals surface area contributed by atoms with Crippen LogP contribution in [-0.2, 0) is 25.0 Å². The summed E-state index contributed by atoms with van der Waals surface area (Å²) in [6.45, 7) is -3.77. The van der Waals surface area contributed by atoms with E-state index in [1.807, 2.05) is 0 Å². The lowest BCUT2D eigenvalue weighted by Gasteiger charge is -2.27. The molecule has 0 bridgehead atoms. The average Bonchev–Trinajstić information content (AvgIpc) is 3.00. The molecule has 1 aromatic heterocycles. The van der Waals surface area contributed by atoms with Crippen molar-refractivity contribution in [2.24, 2.45) is 0 Å². The van der Waals surface area contributed by atoms with Crippen molar-refractivity contribution in [3.63, 3.8) is 0 Å². The van der Waals surface area contributed by atoms with E-state index in [4.69, 9.17) is 21.0 Å².